The number of fused-ring (bicyclic) bond motifs is 2. The molecule has 0 fully saturated rings. The van der Waals surface area contributed by atoms with Crippen LogP contribution >= 0.6 is 11.6 Å². The average molecular weight is 642 g/mol. The van der Waals surface area contributed by atoms with E-state index in [1.807, 2.05) is 0 Å². The molecule has 0 bridgehead atoms. The van der Waals surface area contributed by atoms with Crippen LogP contribution in [-0.2, 0) is 4.79 Å². The van der Waals surface area contributed by atoms with E-state index in [4.69, 9.17) is 25.5 Å². The number of carbonyl (C=O) groups excluding carboxylic acids is 1. The summed E-state index contributed by atoms with van der Waals surface area (Å²) < 4.78 is 31.3. The van der Waals surface area contributed by atoms with E-state index in [0.29, 0.717) is 21.5 Å². The van der Waals surface area contributed by atoms with Crippen LogP contribution in [0.3, 0.4) is 0 Å². The van der Waals surface area contributed by atoms with Gasteiger partial charge in [0.15, 0.2) is 18.1 Å². The van der Waals surface area contributed by atoms with E-state index in [0.717, 1.165) is 16.8 Å². The van der Waals surface area contributed by atoms with Crippen LogP contribution in [0.5, 0.6) is 11.5 Å². The van der Waals surface area contributed by atoms with Crippen molar-refractivity contribution in [3.63, 3.8) is 0 Å². The van der Waals surface area contributed by atoms with Gasteiger partial charge < -0.3 is 19.2 Å². The van der Waals surface area contributed by atoms with Gasteiger partial charge in [0.2, 0.25) is 11.6 Å². The largest absolute Gasteiger partial charge is 0.493 e. The fraction of sp³-hybridized carbons (Fsp3) is 0.0625. The number of nitro groups is 1. The van der Waals surface area contributed by atoms with Gasteiger partial charge in [-0.25, -0.2) is 9.37 Å². The van der Waals surface area contributed by atoms with Gasteiger partial charge in [0.05, 0.1) is 29.2 Å². The molecule has 0 radical (unpaired) electrons. The first-order valence-corrected chi connectivity index (χ1v) is 13.9. The van der Waals surface area contributed by atoms with Crippen molar-refractivity contribution >= 4 is 57.0 Å². The second kappa shape index (κ2) is 12.5. The molecule has 2 heterocycles. The number of furan rings is 1. The van der Waals surface area contributed by atoms with E-state index in [-0.39, 0.29) is 39.7 Å². The number of halogens is 2. The number of nitrogens with one attached hydrogen (secondary N) is 1. The SMILES string of the molecule is COc1cc(C=Nn2c(-c3cc4cc(Cl)ccc4o3)nc3ccccc3c2=O)cc([N+](=O)[O-])c1OCC(=O)Nc1cccc(F)c1. The highest BCUT2D eigenvalue weighted by molar-refractivity contribution is 6.31. The third kappa shape index (κ3) is 6.12. The molecule has 2 aromatic heterocycles. The average Bonchev–Trinajstić information content (AvgIpc) is 3.46. The summed E-state index contributed by atoms with van der Waals surface area (Å²) in [6.45, 7) is -0.634. The van der Waals surface area contributed by atoms with E-state index in [2.05, 4.69) is 15.4 Å². The van der Waals surface area contributed by atoms with Gasteiger partial charge in [0, 0.05) is 27.7 Å². The van der Waals surface area contributed by atoms with Crippen molar-refractivity contribution in [2.24, 2.45) is 5.10 Å². The smallest absolute Gasteiger partial charge is 0.315 e. The second-order valence-corrected chi connectivity index (χ2v) is 10.2. The normalized spacial score (nSPS) is 11.3. The molecule has 0 aliphatic rings. The number of rotatable bonds is 9. The molecule has 12 nitrogen and oxygen atoms in total. The first-order chi connectivity index (χ1) is 22.2. The summed E-state index contributed by atoms with van der Waals surface area (Å²) in [6, 6.07) is 21.2. The lowest BCUT2D eigenvalue weighted by Crippen LogP contribution is -2.21. The third-order valence-corrected chi connectivity index (χ3v) is 6.94. The number of anilines is 1. The lowest BCUT2D eigenvalue weighted by Gasteiger charge is -2.12. The van der Waals surface area contributed by atoms with Gasteiger partial charge in [-0.15, -0.1) is 0 Å². The number of carbonyl (C=O) groups is 1. The Kier molecular flexibility index (Phi) is 8.14. The summed E-state index contributed by atoms with van der Waals surface area (Å²) in [5, 5.41) is 20.3. The zero-order valence-electron chi connectivity index (χ0n) is 23.8. The van der Waals surface area contributed by atoms with Gasteiger partial charge in [-0.1, -0.05) is 29.8 Å². The van der Waals surface area contributed by atoms with Crippen LogP contribution in [0.25, 0.3) is 33.5 Å². The monoisotopic (exact) mass is 641 g/mol. The number of aromatic nitrogens is 2. The van der Waals surface area contributed by atoms with Gasteiger partial charge in [-0.2, -0.15) is 9.78 Å². The number of amides is 1. The van der Waals surface area contributed by atoms with Crippen LogP contribution in [0.1, 0.15) is 5.56 Å². The number of benzene rings is 4. The predicted octanol–water partition coefficient (Wildman–Crippen LogP) is 6.42. The van der Waals surface area contributed by atoms with Gasteiger partial charge in [-0.05, 0) is 60.7 Å². The Hall–Kier alpha value is -6.08. The summed E-state index contributed by atoms with van der Waals surface area (Å²) in [4.78, 5) is 41.9. The number of nitrogens with zero attached hydrogens (tertiary/aromatic N) is 4. The summed E-state index contributed by atoms with van der Waals surface area (Å²) >= 11 is 6.13. The van der Waals surface area contributed by atoms with E-state index in [1.54, 1.807) is 48.5 Å². The van der Waals surface area contributed by atoms with Gasteiger partial charge >= 0.3 is 5.69 Å². The van der Waals surface area contributed by atoms with Crippen molar-refractivity contribution in [2.45, 2.75) is 0 Å². The molecule has 1 N–H and O–H groups in total. The quantitative estimate of drug-likeness (QED) is 0.108. The van der Waals surface area contributed by atoms with Crippen molar-refractivity contribution in [3.8, 4) is 23.1 Å². The molecule has 230 valence electrons. The minimum absolute atomic E-state index is 0.0763. The van der Waals surface area contributed by atoms with Crippen LogP contribution in [0.2, 0.25) is 5.02 Å². The van der Waals surface area contributed by atoms with Crippen molar-refractivity contribution in [2.75, 3.05) is 19.0 Å². The van der Waals surface area contributed by atoms with Crippen molar-refractivity contribution in [1.29, 1.82) is 0 Å². The van der Waals surface area contributed by atoms with Gasteiger partial charge in [-0.3, -0.25) is 19.7 Å². The molecule has 0 saturated carbocycles. The molecule has 0 atom stereocenters. The number of methoxy groups -OCH3 is 1. The highest BCUT2D eigenvalue weighted by atomic mass is 35.5. The fourth-order valence-electron chi connectivity index (χ4n) is 4.66. The molecule has 6 aromatic rings. The first-order valence-electron chi connectivity index (χ1n) is 13.5. The number of ether oxygens (including phenoxy) is 2. The maximum absolute atomic E-state index is 13.6. The zero-order chi connectivity index (χ0) is 32.4. The number of hydrogen-bond acceptors (Lipinski definition) is 9. The Morgan fingerprint density at radius 3 is 2.74 bits per heavy atom. The predicted molar refractivity (Wildman–Crippen MR) is 169 cm³/mol. The van der Waals surface area contributed by atoms with Gasteiger partial charge in [0.1, 0.15) is 11.4 Å². The number of nitro benzene ring substituents is 1. The van der Waals surface area contributed by atoms with Crippen molar-refractivity contribution in [3.05, 3.63) is 122 Å². The zero-order valence-corrected chi connectivity index (χ0v) is 24.5. The van der Waals surface area contributed by atoms with Crippen molar-refractivity contribution in [1.82, 2.24) is 9.66 Å². The summed E-state index contributed by atoms with van der Waals surface area (Å²) in [6.07, 6.45) is 1.22. The van der Waals surface area contributed by atoms with E-state index in [9.17, 15) is 24.1 Å². The van der Waals surface area contributed by atoms with E-state index >= 15 is 0 Å². The Balaban J connectivity index is 1.36. The summed E-state index contributed by atoms with van der Waals surface area (Å²) in [5.41, 5.74) is 0.234. The molecule has 4 aromatic carbocycles. The molecule has 0 unspecified atom stereocenters. The van der Waals surface area contributed by atoms with Crippen LogP contribution in [0.15, 0.2) is 99.2 Å². The molecule has 0 aliphatic carbocycles. The molecule has 1 amide bonds. The Morgan fingerprint density at radius 1 is 1.13 bits per heavy atom. The molecule has 0 saturated heterocycles. The number of hydrogen-bond donors (Lipinski definition) is 1. The van der Waals surface area contributed by atoms with Crippen LogP contribution in [-0.4, -0.2) is 40.4 Å². The molecule has 14 heteroatoms. The molecule has 0 spiro atoms. The van der Waals surface area contributed by atoms with Crippen LogP contribution in [0.4, 0.5) is 15.8 Å². The second-order valence-electron chi connectivity index (χ2n) is 9.78. The number of para-hydroxylation sites is 1. The van der Waals surface area contributed by atoms with Crippen molar-refractivity contribution < 1.29 is 28.0 Å². The topological polar surface area (TPSA) is 151 Å². The van der Waals surface area contributed by atoms with E-state index in [1.165, 1.54) is 37.6 Å². The lowest BCUT2D eigenvalue weighted by atomic mass is 10.2. The molecule has 0 aliphatic heterocycles. The van der Waals surface area contributed by atoms with E-state index < -0.39 is 34.5 Å². The molecular formula is C32H21ClFN5O7. The maximum atomic E-state index is 13.6. The highest BCUT2D eigenvalue weighted by Gasteiger charge is 2.24. The Morgan fingerprint density at radius 2 is 1.96 bits per heavy atom. The molecule has 46 heavy (non-hydrogen) atoms. The highest BCUT2D eigenvalue weighted by Crippen LogP contribution is 2.38. The fourth-order valence-corrected chi connectivity index (χ4v) is 4.84. The van der Waals surface area contributed by atoms with Crippen LogP contribution < -0.4 is 20.3 Å². The molecular weight excluding hydrogens is 621 g/mol. The Labute approximate surface area is 263 Å². The molecule has 6 rings (SSSR count). The minimum Gasteiger partial charge on any atom is -0.493 e. The third-order valence-electron chi connectivity index (χ3n) is 6.70. The Bertz CT molecular complexity index is 2250. The summed E-state index contributed by atoms with van der Waals surface area (Å²) in [7, 11) is 1.27. The minimum atomic E-state index is -0.714. The standard InChI is InChI=1S/C32H21ClFN5O7/c1-44-27-12-18(11-25(39(42)43)30(27)45-17-29(40)36-22-6-4-5-21(34)15-22)16-35-38-31(37-24-8-3-2-7-23(24)32(38)41)28-14-19-13-20(33)9-10-26(19)46-28/h2-16H,17H2,1H3,(H,36,40). The first kappa shape index (κ1) is 30.0. The lowest BCUT2D eigenvalue weighted by molar-refractivity contribution is -0.385. The van der Waals surface area contributed by atoms with Crippen LogP contribution in [0, 0.1) is 15.9 Å². The van der Waals surface area contributed by atoms with Gasteiger partial charge in [0.25, 0.3) is 11.5 Å². The summed E-state index contributed by atoms with van der Waals surface area (Å²) in [5.74, 6) is -1.31. The maximum Gasteiger partial charge on any atom is 0.315 e.